The number of nitrogens with one attached hydrogen (secondary N) is 1. The van der Waals surface area contributed by atoms with Crippen molar-refractivity contribution >= 4 is 21.8 Å². The molecule has 2 aliphatic rings. The maximum absolute atomic E-state index is 12.5. The molecule has 1 amide bonds. The zero-order valence-electron chi connectivity index (χ0n) is 10.4. The largest absolute Gasteiger partial charge is 0.335 e. The topological polar surface area (TPSA) is 32.3 Å². The second-order valence-corrected chi connectivity index (χ2v) is 6.20. The number of hydrogen-bond acceptors (Lipinski definition) is 2. The Morgan fingerprint density at radius 1 is 1.33 bits per heavy atom. The minimum atomic E-state index is 0.171. The van der Waals surface area contributed by atoms with Gasteiger partial charge in [-0.1, -0.05) is 15.9 Å². The molecule has 2 fully saturated rings. The van der Waals surface area contributed by atoms with E-state index in [9.17, 15) is 4.79 Å². The molecule has 96 valence electrons. The van der Waals surface area contributed by atoms with E-state index in [-0.39, 0.29) is 5.91 Å². The van der Waals surface area contributed by atoms with Crippen LogP contribution in [0.4, 0.5) is 0 Å². The van der Waals surface area contributed by atoms with Crippen LogP contribution in [0.3, 0.4) is 0 Å². The van der Waals surface area contributed by atoms with Gasteiger partial charge in [0, 0.05) is 35.7 Å². The number of benzene rings is 1. The molecule has 0 bridgehead atoms. The summed E-state index contributed by atoms with van der Waals surface area (Å²) in [6, 6.07) is 7.99. The molecule has 0 aromatic heterocycles. The van der Waals surface area contributed by atoms with E-state index in [0.29, 0.717) is 17.9 Å². The van der Waals surface area contributed by atoms with Gasteiger partial charge in [0.05, 0.1) is 0 Å². The van der Waals surface area contributed by atoms with Crippen LogP contribution in [0.25, 0.3) is 0 Å². The van der Waals surface area contributed by atoms with Gasteiger partial charge < -0.3 is 10.2 Å². The third-order valence-corrected chi connectivity index (χ3v) is 4.82. The van der Waals surface area contributed by atoms with Crippen molar-refractivity contribution in [1.29, 1.82) is 0 Å². The third-order valence-electron chi connectivity index (χ3n) is 4.29. The molecule has 4 heteroatoms. The molecule has 3 rings (SSSR count). The molecule has 3 nitrogen and oxygen atoms in total. The SMILES string of the molecule is CC1C2CNCC2CN1C(=O)c1ccc(Br)cc1. The quantitative estimate of drug-likeness (QED) is 0.862. The summed E-state index contributed by atoms with van der Waals surface area (Å²) < 4.78 is 1.01. The number of likely N-dealkylation sites (tertiary alicyclic amines) is 1. The Bertz CT molecular complexity index is 459. The van der Waals surface area contributed by atoms with E-state index in [1.807, 2.05) is 29.2 Å². The second kappa shape index (κ2) is 4.67. The number of halogens is 1. The molecule has 0 spiro atoms. The molecule has 2 saturated heterocycles. The maximum Gasteiger partial charge on any atom is 0.254 e. The summed E-state index contributed by atoms with van der Waals surface area (Å²) in [7, 11) is 0. The fourth-order valence-electron chi connectivity index (χ4n) is 3.19. The highest BCUT2D eigenvalue weighted by atomic mass is 79.9. The van der Waals surface area contributed by atoms with Gasteiger partial charge in [0.15, 0.2) is 0 Å². The van der Waals surface area contributed by atoms with E-state index in [1.54, 1.807) is 0 Å². The fraction of sp³-hybridized carbons (Fsp3) is 0.500. The van der Waals surface area contributed by atoms with Crippen LogP contribution in [0.1, 0.15) is 17.3 Å². The van der Waals surface area contributed by atoms with Gasteiger partial charge >= 0.3 is 0 Å². The summed E-state index contributed by atoms with van der Waals surface area (Å²) in [5.74, 6) is 1.44. The molecule has 0 aliphatic carbocycles. The number of nitrogens with zero attached hydrogens (tertiary/aromatic N) is 1. The molecule has 1 N–H and O–H groups in total. The van der Waals surface area contributed by atoms with Gasteiger partial charge in [-0.25, -0.2) is 0 Å². The number of rotatable bonds is 1. The average Bonchev–Trinajstić information content (AvgIpc) is 2.93. The van der Waals surface area contributed by atoms with Crippen LogP contribution in [0, 0.1) is 11.8 Å². The maximum atomic E-state index is 12.5. The first-order valence-electron chi connectivity index (χ1n) is 6.44. The first-order valence-corrected chi connectivity index (χ1v) is 7.23. The molecule has 2 heterocycles. The van der Waals surface area contributed by atoms with Gasteiger partial charge in [0.2, 0.25) is 0 Å². The van der Waals surface area contributed by atoms with Gasteiger partial charge in [-0.3, -0.25) is 4.79 Å². The predicted octanol–water partition coefficient (Wildman–Crippen LogP) is 2.13. The zero-order valence-corrected chi connectivity index (χ0v) is 12.0. The normalized spacial score (nSPS) is 30.6. The first-order chi connectivity index (χ1) is 8.66. The lowest BCUT2D eigenvalue weighted by atomic mass is 9.95. The van der Waals surface area contributed by atoms with Gasteiger partial charge in [0.25, 0.3) is 5.91 Å². The van der Waals surface area contributed by atoms with Crippen molar-refractivity contribution in [1.82, 2.24) is 10.2 Å². The predicted molar refractivity (Wildman–Crippen MR) is 74.5 cm³/mol. The van der Waals surface area contributed by atoms with Crippen LogP contribution < -0.4 is 5.32 Å². The Balaban J connectivity index is 1.79. The van der Waals surface area contributed by atoms with Gasteiger partial charge in [0.1, 0.15) is 0 Å². The Kier molecular flexibility index (Phi) is 3.16. The Morgan fingerprint density at radius 2 is 2.06 bits per heavy atom. The highest BCUT2D eigenvalue weighted by molar-refractivity contribution is 9.10. The van der Waals surface area contributed by atoms with E-state index < -0.39 is 0 Å². The number of carbonyl (C=O) groups is 1. The van der Waals surface area contributed by atoms with Crippen molar-refractivity contribution in [2.45, 2.75) is 13.0 Å². The molecule has 0 radical (unpaired) electrons. The summed E-state index contributed by atoms with van der Waals surface area (Å²) >= 11 is 3.40. The lowest BCUT2D eigenvalue weighted by molar-refractivity contribution is 0.0728. The van der Waals surface area contributed by atoms with Crippen molar-refractivity contribution in [2.24, 2.45) is 11.8 Å². The van der Waals surface area contributed by atoms with Gasteiger partial charge in [-0.15, -0.1) is 0 Å². The van der Waals surface area contributed by atoms with Crippen molar-refractivity contribution in [3.05, 3.63) is 34.3 Å². The zero-order chi connectivity index (χ0) is 12.7. The summed E-state index contributed by atoms with van der Waals surface area (Å²) in [4.78, 5) is 14.5. The monoisotopic (exact) mass is 308 g/mol. The van der Waals surface area contributed by atoms with Crippen molar-refractivity contribution < 1.29 is 4.79 Å². The first kappa shape index (κ1) is 12.2. The van der Waals surface area contributed by atoms with Crippen LogP contribution in [0.15, 0.2) is 28.7 Å². The van der Waals surface area contributed by atoms with E-state index in [4.69, 9.17) is 0 Å². The fourth-order valence-corrected chi connectivity index (χ4v) is 3.46. The van der Waals surface area contributed by atoms with Crippen LogP contribution in [0.2, 0.25) is 0 Å². The Hall–Kier alpha value is -0.870. The number of carbonyl (C=O) groups excluding carboxylic acids is 1. The van der Waals surface area contributed by atoms with E-state index in [2.05, 4.69) is 28.2 Å². The summed E-state index contributed by atoms with van der Waals surface area (Å²) in [6.07, 6.45) is 0. The Morgan fingerprint density at radius 3 is 2.72 bits per heavy atom. The lowest BCUT2D eigenvalue weighted by Crippen LogP contribution is -2.38. The highest BCUT2D eigenvalue weighted by Gasteiger charge is 2.43. The minimum Gasteiger partial charge on any atom is -0.335 e. The van der Waals surface area contributed by atoms with E-state index in [1.165, 1.54) is 0 Å². The van der Waals surface area contributed by atoms with Crippen LogP contribution >= 0.6 is 15.9 Å². The molecular weight excluding hydrogens is 292 g/mol. The lowest BCUT2D eigenvalue weighted by Gasteiger charge is -2.24. The van der Waals surface area contributed by atoms with Gasteiger partial charge in [-0.05, 0) is 43.0 Å². The van der Waals surface area contributed by atoms with Crippen LogP contribution in [0.5, 0.6) is 0 Å². The number of amides is 1. The third kappa shape index (κ3) is 1.97. The van der Waals surface area contributed by atoms with E-state index in [0.717, 1.165) is 29.7 Å². The average molecular weight is 309 g/mol. The van der Waals surface area contributed by atoms with Crippen molar-refractivity contribution in [2.75, 3.05) is 19.6 Å². The summed E-state index contributed by atoms with van der Waals surface area (Å²) in [6.45, 7) is 5.18. The molecule has 3 atom stereocenters. The minimum absolute atomic E-state index is 0.171. The number of fused-ring (bicyclic) bond motifs is 1. The highest BCUT2D eigenvalue weighted by Crippen LogP contribution is 2.33. The van der Waals surface area contributed by atoms with Crippen LogP contribution in [-0.4, -0.2) is 36.5 Å². The molecule has 0 saturated carbocycles. The smallest absolute Gasteiger partial charge is 0.254 e. The molecule has 3 unspecified atom stereocenters. The van der Waals surface area contributed by atoms with E-state index >= 15 is 0 Å². The molecule has 18 heavy (non-hydrogen) atoms. The summed E-state index contributed by atoms with van der Waals surface area (Å²) in [5, 5.41) is 3.42. The van der Waals surface area contributed by atoms with Crippen molar-refractivity contribution in [3.8, 4) is 0 Å². The second-order valence-electron chi connectivity index (χ2n) is 5.29. The van der Waals surface area contributed by atoms with Gasteiger partial charge in [-0.2, -0.15) is 0 Å². The molecule has 2 aliphatic heterocycles. The van der Waals surface area contributed by atoms with Crippen LogP contribution in [-0.2, 0) is 0 Å². The Labute approximate surface area is 116 Å². The summed E-state index contributed by atoms with van der Waals surface area (Å²) in [5.41, 5.74) is 0.790. The standard InChI is InChI=1S/C14H17BrN2O/c1-9-13-7-16-6-11(13)8-17(9)14(18)10-2-4-12(15)5-3-10/h2-5,9,11,13,16H,6-8H2,1H3. The molecule has 1 aromatic rings. The molecular formula is C14H17BrN2O. The van der Waals surface area contributed by atoms with Crippen molar-refractivity contribution in [3.63, 3.8) is 0 Å². The molecule has 1 aromatic carbocycles. The number of hydrogen-bond donors (Lipinski definition) is 1.